The Morgan fingerprint density at radius 3 is 2.10 bits per heavy atom. The number of nitrogens with zero attached hydrogens (tertiary/aromatic N) is 2. The third-order valence-corrected chi connectivity index (χ3v) is 5.05. The van der Waals surface area contributed by atoms with Crippen LogP contribution < -0.4 is 0 Å². The Morgan fingerprint density at radius 1 is 1.00 bits per heavy atom. The Morgan fingerprint density at radius 2 is 1.59 bits per heavy atom. The van der Waals surface area contributed by atoms with E-state index in [1.54, 1.807) is 0 Å². The third-order valence-electron chi connectivity index (χ3n) is 5.05. The summed E-state index contributed by atoms with van der Waals surface area (Å²) >= 11 is 0. The highest BCUT2D eigenvalue weighted by molar-refractivity contribution is 5.96. The summed E-state index contributed by atoms with van der Waals surface area (Å²) < 4.78 is 0. The number of urea groups is 1. The van der Waals surface area contributed by atoms with Crippen LogP contribution in [0.1, 0.15) is 24.0 Å². The molecule has 1 fully saturated rings. The number of amides is 3. The van der Waals surface area contributed by atoms with Gasteiger partial charge in [0.1, 0.15) is 0 Å². The summed E-state index contributed by atoms with van der Waals surface area (Å²) in [6, 6.07) is 16.6. The number of aliphatic hydroxyl groups is 1. The van der Waals surface area contributed by atoms with E-state index in [0.29, 0.717) is 13.0 Å². The first-order chi connectivity index (χ1) is 14.0. The minimum Gasteiger partial charge on any atom is -0.479 e. The average Bonchev–Trinajstić information content (AvgIpc) is 3.17. The number of hydrogen-bond donors (Lipinski definition) is 2. The molecule has 7 nitrogen and oxygen atoms in total. The van der Waals surface area contributed by atoms with E-state index in [9.17, 15) is 24.6 Å². The van der Waals surface area contributed by atoms with Gasteiger partial charge in [-0.3, -0.25) is 9.69 Å². The number of carboxylic acids is 1. The van der Waals surface area contributed by atoms with Crippen LogP contribution in [0.2, 0.25) is 0 Å². The fourth-order valence-corrected chi connectivity index (χ4v) is 3.52. The first-order valence-corrected chi connectivity index (χ1v) is 9.57. The Kier molecular flexibility index (Phi) is 6.61. The predicted molar refractivity (Wildman–Crippen MR) is 106 cm³/mol. The number of imide groups is 1. The molecule has 0 bridgehead atoms. The Labute approximate surface area is 169 Å². The maximum Gasteiger partial charge on any atom is 0.334 e. The topological polar surface area (TPSA) is 98.2 Å². The number of benzene rings is 2. The Balaban J connectivity index is 1.97. The molecule has 0 saturated carbocycles. The smallest absolute Gasteiger partial charge is 0.334 e. The van der Waals surface area contributed by atoms with Gasteiger partial charge in [0, 0.05) is 19.5 Å². The molecule has 3 amide bonds. The number of carbonyl (C=O) groups excluding carboxylic acids is 2. The van der Waals surface area contributed by atoms with E-state index in [0.717, 1.165) is 16.0 Å². The lowest BCUT2D eigenvalue weighted by molar-refractivity contribution is -0.150. The van der Waals surface area contributed by atoms with Crippen LogP contribution in [0.5, 0.6) is 0 Å². The average molecular weight is 396 g/mol. The second-order valence-corrected chi connectivity index (χ2v) is 7.09. The summed E-state index contributed by atoms with van der Waals surface area (Å²) in [5, 5.41) is 19.9. The molecular formula is C22H24N2O5. The van der Waals surface area contributed by atoms with E-state index in [4.69, 9.17) is 0 Å². The lowest BCUT2D eigenvalue weighted by Gasteiger charge is -2.35. The van der Waals surface area contributed by atoms with Crippen LogP contribution in [0.3, 0.4) is 0 Å². The lowest BCUT2D eigenvalue weighted by Crippen LogP contribution is -2.54. The fourth-order valence-electron chi connectivity index (χ4n) is 3.52. The highest BCUT2D eigenvalue weighted by atomic mass is 16.4. The number of hydrogen-bond acceptors (Lipinski definition) is 4. The third kappa shape index (κ3) is 5.00. The van der Waals surface area contributed by atoms with E-state index >= 15 is 0 Å². The summed E-state index contributed by atoms with van der Waals surface area (Å²) in [6.07, 6.45) is -0.778. The molecule has 2 aromatic rings. The van der Waals surface area contributed by atoms with Crippen LogP contribution in [0.15, 0.2) is 60.7 Å². The van der Waals surface area contributed by atoms with Gasteiger partial charge in [-0.25, -0.2) is 9.59 Å². The Hall–Kier alpha value is -3.19. The van der Waals surface area contributed by atoms with Crippen LogP contribution in [-0.2, 0) is 22.6 Å². The molecule has 2 aromatic carbocycles. The van der Waals surface area contributed by atoms with Crippen molar-refractivity contribution in [3.63, 3.8) is 0 Å². The number of carboxylic acid groups (broad SMARTS) is 1. The lowest BCUT2D eigenvalue weighted by atomic mass is 9.99. The molecule has 1 aliphatic rings. The van der Waals surface area contributed by atoms with Gasteiger partial charge in [-0.05, 0) is 24.0 Å². The number of likely N-dealkylation sites (tertiary alicyclic amines) is 1. The maximum atomic E-state index is 13.2. The zero-order chi connectivity index (χ0) is 20.8. The van der Waals surface area contributed by atoms with Crippen LogP contribution in [0.25, 0.3) is 0 Å². The summed E-state index contributed by atoms with van der Waals surface area (Å²) in [4.78, 5) is 39.5. The zero-order valence-electron chi connectivity index (χ0n) is 16.0. The SMILES string of the molecule is O=C(O)C(O)C(Cc1ccccc1)N(Cc1ccccc1)C(=O)N1CCCC1=O. The monoisotopic (exact) mass is 396 g/mol. The minimum absolute atomic E-state index is 0.0886. The van der Waals surface area contributed by atoms with Crippen LogP contribution in [-0.4, -0.2) is 56.6 Å². The van der Waals surface area contributed by atoms with Crippen molar-refractivity contribution in [2.75, 3.05) is 6.54 Å². The van der Waals surface area contributed by atoms with Gasteiger partial charge in [0.2, 0.25) is 5.91 Å². The normalized spacial score (nSPS) is 15.8. The standard InChI is InChI=1S/C22H24N2O5/c25-19-12-7-13-23(19)22(29)24(15-17-10-5-2-6-11-17)18(20(26)21(27)28)14-16-8-3-1-4-9-16/h1-6,8-11,18,20,26H,7,12-15H2,(H,27,28). The van der Waals surface area contributed by atoms with E-state index in [2.05, 4.69) is 0 Å². The second-order valence-electron chi connectivity index (χ2n) is 7.09. The molecule has 0 spiro atoms. The van der Waals surface area contributed by atoms with Gasteiger partial charge in [0.05, 0.1) is 6.04 Å². The molecule has 0 aliphatic carbocycles. The number of aliphatic carboxylic acids is 1. The Bertz CT molecular complexity index is 856. The molecule has 2 atom stereocenters. The van der Waals surface area contributed by atoms with Crippen molar-refractivity contribution in [3.8, 4) is 0 Å². The van der Waals surface area contributed by atoms with E-state index in [1.807, 2.05) is 60.7 Å². The van der Waals surface area contributed by atoms with E-state index < -0.39 is 24.1 Å². The highest BCUT2D eigenvalue weighted by Gasteiger charge is 2.38. The van der Waals surface area contributed by atoms with Gasteiger partial charge >= 0.3 is 12.0 Å². The molecule has 7 heteroatoms. The summed E-state index contributed by atoms with van der Waals surface area (Å²) in [6.45, 7) is 0.384. The van der Waals surface area contributed by atoms with Crippen molar-refractivity contribution >= 4 is 17.9 Å². The van der Waals surface area contributed by atoms with E-state index in [1.165, 1.54) is 4.90 Å². The molecule has 0 radical (unpaired) electrons. The van der Waals surface area contributed by atoms with E-state index in [-0.39, 0.29) is 25.3 Å². The quantitative estimate of drug-likeness (QED) is 0.748. The minimum atomic E-state index is -1.79. The van der Waals surface area contributed by atoms with Crippen LogP contribution >= 0.6 is 0 Å². The molecule has 0 aromatic heterocycles. The van der Waals surface area contributed by atoms with Crippen molar-refractivity contribution in [2.45, 2.75) is 38.0 Å². The van der Waals surface area contributed by atoms with Crippen LogP contribution in [0, 0.1) is 0 Å². The van der Waals surface area contributed by atoms with Crippen molar-refractivity contribution < 1.29 is 24.6 Å². The molecule has 1 heterocycles. The van der Waals surface area contributed by atoms with Gasteiger partial charge < -0.3 is 15.1 Å². The number of aliphatic hydroxyl groups excluding tert-OH is 1. The maximum absolute atomic E-state index is 13.2. The zero-order valence-corrected chi connectivity index (χ0v) is 16.0. The molecule has 1 saturated heterocycles. The molecule has 29 heavy (non-hydrogen) atoms. The van der Waals surface area contributed by atoms with Gasteiger partial charge in [-0.2, -0.15) is 0 Å². The summed E-state index contributed by atoms with van der Waals surface area (Å²) in [5.74, 6) is -1.69. The fraction of sp³-hybridized carbons (Fsp3) is 0.318. The van der Waals surface area contributed by atoms with Crippen molar-refractivity contribution in [2.24, 2.45) is 0 Å². The molecule has 2 unspecified atom stereocenters. The number of rotatable bonds is 7. The first kappa shape index (κ1) is 20.5. The van der Waals surface area contributed by atoms with Gasteiger partial charge in [0.25, 0.3) is 0 Å². The predicted octanol–water partition coefficient (Wildman–Crippen LogP) is 2.29. The van der Waals surface area contributed by atoms with Crippen LogP contribution in [0.4, 0.5) is 4.79 Å². The summed E-state index contributed by atoms with van der Waals surface area (Å²) in [7, 11) is 0. The molecule has 3 rings (SSSR count). The molecule has 1 aliphatic heterocycles. The van der Waals surface area contributed by atoms with Crippen molar-refractivity contribution in [1.82, 2.24) is 9.80 Å². The number of carbonyl (C=O) groups is 3. The molecular weight excluding hydrogens is 372 g/mol. The van der Waals surface area contributed by atoms with Gasteiger partial charge in [-0.1, -0.05) is 60.7 Å². The second kappa shape index (κ2) is 9.34. The molecule has 152 valence electrons. The van der Waals surface area contributed by atoms with Gasteiger partial charge in [-0.15, -0.1) is 0 Å². The largest absolute Gasteiger partial charge is 0.479 e. The van der Waals surface area contributed by atoms with Crippen molar-refractivity contribution in [3.05, 3.63) is 71.8 Å². The molecule has 2 N–H and O–H groups in total. The summed E-state index contributed by atoms with van der Waals surface area (Å²) in [5.41, 5.74) is 1.57. The van der Waals surface area contributed by atoms with Gasteiger partial charge in [0.15, 0.2) is 6.10 Å². The van der Waals surface area contributed by atoms with Crippen molar-refractivity contribution in [1.29, 1.82) is 0 Å². The first-order valence-electron chi connectivity index (χ1n) is 9.57. The highest BCUT2D eigenvalue weighted by Crippen LogP contribution is 2.21.